The molecule has 0 spiro atoms. The Bertz CT molecular complexity index is 501. The number of carbonyl (C=O) groups is 1. The number of hydrogen-bond acceptors (Lipinski definition) is 2. The highest BCUT2D eigenvalue weighted by Crippen LogP contribution is 2.48. The third-order valence-electron chi connectivity index (χ3n) is 4.49. The molecule has 0 aliphatic heterocycles. The summed E-state index contributed by atoms with van der Waals surface area (Å²) in [4.78, 5) is 12.3. The normalized spacial score (nSPS) is 33.9. The smallest absolute Gasteiger partial charge is 0.167 e. The van der Waals surface area contributed by atoms with E-state index < -0.39 is 11.6 Å². The van der Waals surface area contributed by atoms with Crippen LogP contribution in [0.25, 0.3) is 0 Å². The zero-order valence-electron chi connectivity index (χ0n) is 9.90. The van der Waals surface area contributed by atoms with E-state index in [-0.39, 0.29) is 23.3 Å². The number of carbonyl (C=O) groups excluding carboxylic acids is 1. The second-order valence-corrected chi connectivity index (χ2v) is 5.43. The van der Waals surface area contributed by atoms with Crippen LogP contribution in [0.2, 0.25) is 0 Å². The summed E-state index contributed by atoms with van der Waals surface area (Å²) >= 11 is 0. The van der Waals surface area contributed by atoms with Crippen molar-refractivity contribution in [1.29, 1.82) is 0 Å². The minimum Gasteiger partial charge on any atom is -0.327 e. The Labute approximate surface area is 104 Å². The lowest BCUT2D eigenvalue weighted by Crippen LogP contribution is -2.40. The summed E-state index contributed by atoms with van der Waals surface area (Å²) in [7, 11) is 0. The van der Waals surface area contributed by atoms with Crippen LogP contribution < -0.4 is 5.73 Å². The van der Waals surface area contributed by atoms with Gasteiger partial charge in [0.05, 0.1) is 0 Å². The molecule has 0 heterocycles. The van der Waals surface area contributed by atoms with Gasteiger partial charge in [-0.2, -0.15) is 0 Å². The van der Waals surface area contributed by atoms with E-state index in [0.717, 1.165) is 31.4 Å². The molecule has 1 aromatic carbocycles. The third kappa shape index (κ3) is 1.67. The average Bonchev–Trinajstić information content (AvgIpc) is 2.92. The quantitative estimate of drug-likeness (QED) is 0.821. The van der Waals surface area contributed by atoms with Crippen molar-refractivity contribution in [1.82, 2.24) is 0 Å². The van der Waals surface area contributed by atoms with E-state index in [4.69, 9.17) is 5.73 Å². The van der Waals surface area contributed by atoms with Gasteiger partial charge >= 0.3 is 0 Å². The molecule has 2 aliphatic carbocycles. The Morgan fingerprint density at radius 1 is 1.17 bits per heavy atom. The Hall–Kier alpha value is -1.29. The molecule has 4 atom stereocenters. The van der Waals surface area contributed by atoms with Crippen LogP contribution >= 0.6 is 0 Å². The molecule has 4 unspecified atom stereocenters. The second kappa shape index (κ2) is 4.12. The lowest BCUT2D eigenvalue weighted by atomic mass is 9.80. The largest absolute Gasteiger partial charge is 0.327 e. The maximum Gasteiger partial charge on any atom is 0.167 e. The number of fused-ring (bicyclic) bond motifs is 2. The highest BCUT2D eigenvalue weighted by atomic mass is 19.2. The molecule has 0 aromatic heterocycles. The third-order valence-corrected chi connectivity index (χ3v) is 4.49. The predicted octanol–water partition coefficient (Wildman–Crippen LogP) is 2.52. The first-order valence-corrected chi connectivity index (χ1v) is 6.33. The zero-order valence-corrected chi connectivity index (χ0v) is 9.90. The van der Waals surface area contributed by atoms with E-state index in [1.165, 1.54) is 6.07 Å². The molecule has 2 bridgehead atoms. The van der Waals surface area contributed by atoms with Gasteiger partial charge in [0.25, 0.3) is 0 Å². The van der Waals surface area contributed by atoms with Crippen LogP contribution in [0.1, 0.15) is 29.6 Å². The summed E-state index contributed by atoms with van der Waals surface area (Å²) < 4.78 is 26.0. The molecule has 96 valence electrons. The van der Waals surface area contributed by atoms with E-state index in [9.17, 15) is 13.6 Å². The summed E-state index contributed by atoms with van der Waals surface area (Å²) in [6, 6.07) is 3.21. The number of hydrogen-bond donors (Lipinski definition) is 1. The van der Waals surface area contributed by atoms with Crippen LogP contribution in [-0.2, 0) is 0 Å². The Kier molecular flexibility index (Phi) is 2.70. The maximum atomic E-state index is 13.2. The SMILES string of the molecule is NC1C2CCC(C2)C1C(=O)c1ccc(F)c(F)c1. The van der Waals surface area contributed by atoms with Crippen molar-refractivity contribution in [2.45, 2.75) is 25.3 Å². The molecule has 2 N–H and O–H groups in total. The fraction of sp³-hybridized carbons (Fsp3) is 0.500. The summed E-state index contributed by atoms with van der Waals surface area (Å²) in [6.45, 7) is 0. The first kappa shape index (κ1) is 11.8. The molecule has 4 heteroatoms. The highest BCUT2D eigenvalue weighted by Gasteiger charge is 2.49. The van der Waals surface area contributed by atoms with Crippen LogP contribution in [0.3, 0.4) is 0 Å². The van der Waals surface area contributed by atoms with Crippen molar-refractivity contribution in [3.8, 4) is 0 Å². The molecular weight excluding hydrogens is 236 g/mol. The highest BCUT2D eigenvalue weighted by molar-refractivity contribution is 5.98. The molecule has 3 rings (SSSR count). The number of benzene rings is 1. The summed E-state index contributed by atoms with van der Waals surface area (Å²) in [6.07, 6.45) is 3.12. The molecule has 1 aromatic rings. The number of nitrogens with two attached hydrogens (primary N) is 1. The van der Waals surface area contributed by atoms with E-state index in [2.05, 4.69) is 0 Å². The van der Waals surface area contributed by atoms with Gasteiger partial charge in [-0.05, 0) is 49.3 Å². The topological polar surface area (TPSA) is 43.1 Å². The van der Waals surface area contributed by atoms with Crippen LogP contribution in [0.5, 0.6) is 0 Å². The van der Waals surface area contributed by atoms with Crippen LogP contribution in [0.4, 0.5) is 8.78 Å². The number of halogens is 2. The molecule has 2 fully saturated rings. The van der Waals surface area contributed by atoms with Crippen molar-refractivity contribution in [2.24, 2.45) is 23.5 Å². The average molecular weight is 251 g/mol. The van der Waals surface area contributed by atoms with Gasteiger partial charge in [-0.25, -0.2) is 8.78 Å². The first-order valence-electron chi connectivity index (χ1n) is 6.33. The number of ketones is 1. The summed E-state index contributed by atoms with van der Waals surface area (Å²) in [5.74, 6) is -1.50. The van der Waals surface area contributed by atoms with Gasteiger partial charge in [-0.1, -0.05) is 0 Å². The monoisotopic (exact) mass is 251 g/mol. The Morgan fingerprint density at radius 2 is 1.89 bits per heavy atom. The Morgan fingerprint density at radius 3 is 2.50 bits per heavy atom. The van der Waals surface area contributed by atoms with E-state index >= 15 is 0 Å². The van der Waals surface area contributed by atoms with Gasteiger partial charge < -0.3 is 5.73 Å². The van der Waals surface area contributed by atoms with E-state index in [0.29, 0.717) is 11.8 Å². The molecule has 2 saturated carbocycles. The van der Waals surface area contributed by atoms with Gasteiger partial charge in [0, 0.05) is 17.5 Å². The van der Waals surface area contributed by atoms with E-state index in [1.807, 2.05) is 0 Å². The molecule has 0 amide bonds. The van der Waals surface area contributed by atoms with Crippen molar-refractivity contribution in [2.75, 3.05) is 0 Å². The molecule has 0 saturated heterocycles. The standard InChI is InChI=1S/C14H15F2NO/c15-10-4-3-9(6-11(10)16)14(18)12-7-1-2-8(5-7)13(12)17/h3-4,6-8,12-13H,1-2,5,17H2. The zero-order chi connectivity index (χ0) is 12.9. The predicted molar refractivity (Wildman–Crippen MR) is 63.0 cm³/mol. The van der Waals surface area contributed by atoms with Crippen molar-refractivity contribution >= 4 is 5.78 Å². The van der Waals surface area contributed by atoms with Crippen molar-refractivity contribution in [3.63, 3.8) is 0 Å². The van der Waals surface area contributed by atoms with Gasteiger partial charge in [-0.3, -0.25) is 4.79 Å². The van der Waals surface area contributed by atoms with Gasteiger partial charge in [0.15, 0.2) is 17.4 Å². The fourth-order valence-electron chi connectivity index (χ4n) is 3.57. The minimum absolute atomic E-state index is 0.121. The van der Waals surface area contributed by atoms with E-state index in [1.54, 1.807) is 0 Å². The Balaban J connectivity index is 1.88. The molecule has 2 aliphatic rings. The number of Topliss-reactive ketones (excluding diaryl/α,β-unsaturated/α-hetero) is 1. The summed E-state index contributed by atoms with van der Waals surface area (Å²) in [5, 5.41) is 0. The van der Waals surface area contributed by atoms with Gasteiger partial charge in [0.2, 0.25) is 0 Å². The van der Waals surface area contributed by atoms with Crippen LogP contribution in [0, 0.1) is 29.4 Å². The van der Waals surface area contributed by atoms with Crippen LogP contribution in [0.15, 0.2) is 18.2 Å². The first-order chi connectivity index (χ1) is 8.58. The molecule has 0 radical (unpaired) electrons. The lowest BCUT2D eigenvalue weighted by Gasteiger charge is -2.26. The lowest BCUT2D eigenvalue weighted by molar-refractivity contribution is 0.0855. The minimum atomic E-state index is -0.974. The van der Waals surface area contributed by atoms with Gasteiger partial charge in [0.1, 0.15) is 0 Å². The van der Waals surface area contributed by atoms with Gasteiger partial charge in [-0.15, -0.1) is 0 Å². The van der Waals surface area contributed by atoms with Crippen molar-refractivity contribution in [3.05, 3.63) is 35.4 Å². The number of rotatable bonds is 2. The summed E-state index contributed by atoms with van der Waals surface area (Å²) in [5.41, 5.74) is 6.32. The fourth-order valence-corrected chi connectivity index (χ4v) is 3.57. The second-order valence-electron chi connectivity index (χ2n) is 5.43. The maximum absolute atomic E-state index is 13.2. The molecular formula is C14H15F2NO. The van der Waals surface area contributed by atoms with Crippen LogP contribution in [-0.4, -0.2) is 11.8 Å². The molecule has 2 nitrogen and oxygen atoms in total. The van der Waals surface area contributed by atoms with Crippen molar-refractivity contribution < 1.29 is 13.6 Å². The molecule has 18 heavy (non-hydrogen) atoms.